The summed E-state index contributed by atoms with van der Waals surface area (Å²) < 4.78 is 0. The first-order valence-corrected chi connectivity index (χ1v) is 11.3. The number of nitrogens with zero attached hydrogens (tertiary/aromatic N) is 2. The van der Waals surface area contributed by atoms with Gasteiger partial charge in [-0.15, -0.1) is 0 Å². The van der Waals surface area contributed by atoms with Crippen molar-refractivity contribution in [3.63, 3.8) is 0 Å². The summed E-state index contributed by atoms with van der Waals surface area (Å²) in [5, 5.41) is 0. The number of hydrogen-bond acceptors (Lipinski definition) is 4. The molecule has 0 aromatic rings. The minimum absolute atomic E-state index is 0.00344. The second-order valence-electron chi connectivity index (χ2n) is 11.8. The molecule has 30 heavy (non-hydrogen) atoms. The molecule has 1 amide bonds. The van der Waals surface area contributed by atoms with Gasteiger partial charge in [0.05, 0.1) is 6.54 Å². The van der Waals surface area contributed by atoms with Crippen LogP contribution in [0.25, 0.3) is 0 Å². The maximum Gasteiger partial charge on any atom is 0.220 e. The molecule has 176 valence electrons. The Bertz CT molecular complexity index is 618. The molecule has 5 nitrogen and oxygen atoms in total. The Morgan fingerprint density at radius 1 is 0.767 bits per heavy atom. The second-order valence-corrected chi connectivity index (χ2v) is 11.8. The van der Waals surface area contributed by atoms with Gasteiger partial charge in [0.2, 0.25) is 5.91 Å². The highest BCUT2D eigenvalue weighted by Gasteiger charge is 2.40. The molecule has 0 bridgehead atoms. The van der Waals surface area contributed by atoms with Gasteiger partial charge in [-0.3, -0.25) is 19.3 Å². The van der Waals surface area contributed by atoms with Crippen LogP contribution in [0.4, 0.5) is 0 Å². The molecule has 0 N–H and O–H groups in total. The minimum atomic E-state index is -0.429. The van der Waals surface area contributed by atoms with E-state index in [0.29, 0.717) is 0 Å². The maximum atomic E-state index is 12.2. The van der Waals surface area contributed by atoms with E-state index in [0.717, 1.165) is 32.4 Å². The van der Waals surface area contributed by atoms with E-state index < -0.39 is 5.54 Å². The van der Waals surface area contributed by atoms with E-state index in [2.05, 4.69) is 39.5 Å². The molecule has 0 atom stereocenters. The Morgan fingerprint density at radius 2 is 1.27 bits per heavy atom. The van der Waals surface area contributed by atoms with Crippen molar-refractivity contribution in [3.05, 3.63) is 0 Å². The zero-order valence-corrected chi connectivity index (χ0v) is 21.9. The van der Waals surface area contributed by atoms with Gasteiger partial charge in [0.25, 0.3) is 0 Å². The molecule has 0 radical (unpaired) electrons. The second kappa shape index (κ2) is 10.4. The van der Waals surface area contributed by atoms with Crippen LogP contribution in [0.1, 0.15) is 102 Å². The van der Waals surface area contributed by atoms with E-state index in [1.807, 2.05) is 27.7 Å². The van der Waals surface area contributed by atoms with Crippen molar-refractivity contribution >= 4 is 17.5 Å². The standard InChI is InChI=1S/C25H48N2O3/c1-13-14-26(24(9,10)17-23(7,8)20(3)29)18-22(5,6)16-25(11,12)27(21(4)30)15-19(2)28/h13-18H2,1-12H3. The molecular formula is C25H48N2O3. The van der Waals surface area contributed by atoms with E-state index in [-0.39, 0.29) is 40.4 Å². The van der Waals surface area contributed by atoms with Gasteiger partial charge >= 0.3 is 0 Å². The number of amides is 1. The van der Waals surface area contributed by atoms with Gasteiger partial charge in [-0.05, 0) is 72.8 Å². The summed E-state index contributed by atoms with van der Waals surface area (Å²) in [7, 11) is 0. The van der Waals surface area contributed by atoms with Crippen LogP contribution in [-0.4, -0.2) is 58.0 Å². The highest BCUT2D eigenvalue weighted by Crippen LogP contribution is 2.38. The molecule has 0 aliphatic heterocycles. The van der Waals surface area contributed by atoms with Gasteiger partial charge in [0, 0.05) is 30.0 Å². The normalized spacial score (nSPS) is 13.5. The molecule has 0 aromatic heterocycles. The van der Waals surface area contributed by atoms with Crippen LogP contribution in [0.2, 0.25) is 0 Å². The van der Waals surface area contributed by atoms with Crippen molar-refractivity contribution in [2.75, 3.05) is 19.6 Å². The van der Waals surface area contributed by atoms with Gasteiger partial charge in [-0.25, -0.2) is 0 Å². The van der Waals surface area contributed by atoms with Crippen LogP contribution in [0.3, 0.4) is 0 Å². The first kappa shape index (κ1) is 28.8. The zero-order chi connectivity index (χ0) is 24.1. The molecule has 0 saturated carbocycles. The van der Waals surface area contributed by atoms with Crippen molar-refractivity contribution in [3.8, 4) is 0 Å². The third-order valence-corrected chi connectivity index (χ3v) is 6.20. The van der Waals surface area contributed by atoms with Gasteiger partial charge < -0.3 is 4.90 Å². The third-order valence-electron chi connectivity index (χ3n) is 6.20. The predicted molar refractivity (Wildman–Crippen MR) is 126 cm³/mol. The van der Waals surface area contributed by atoms with E-state index in [9.17, 15) is 14.4 Å². The van der Waals surface area contributed by atoms with E-state index in [1.165, 1.54) is 13.8 Å². The number of hydrogen-bond donors (Lipinski definition) is 0. The summed E-state index contributed by atoms with van der Waals surface area (Å²) in [6, 6.07) is 0. The predicted octanol–water partition coefficient (Wildman–Crippen LogP) is 5.11. The maximum absolute atomic E-state index is 12.2. The average Bonchev–Trinajstić information content (AvgIpc) is 2.49. The lowest BCUT2D eigenvalue weighted by Crippen LogP contribution is -2.55. The molecule has 5 heteroatoms. The first-order chi connectivity index (χ1) is 13.3. The highest BCUT2D eigenvalue weighted by atomic mass is 16.2. The number of carbonyl (C=O) groups excluding carboxylic acids is 3. The van der Waals surface area contributed by atoms with Gasteiger partial charge in [0.1, 0.15) is 11.6 Å². The lowest BCUT2D eigenvalue weighted by molar-refractivity contribution is -0.139. The smallest absolute Gasteiger partial charge is 0.220 e. The Labute approximate surface area is 186 Å². The van der Waals surface area contributed by atoms with Gasteiger partial charge in [0.15, 0.2) is 0 Å². The molecule has 0 fully saturated rings. The van der Waals surface area contributed by atoms with Crippen LogP contribution in [-0.2, 0) is 14.4 Å². The van der Waals surface area contributed by atoms with Crippen molar-refractivity contribution < 1.29 is 14.4 Å². The number of carbonyl (C=O) groups is 3. The summed E-state index contributed by atoms with van der Waals surface area (Å²) in [6.07, 6.45) is 2.60. The molecule has 0 saturated heterocycles. The summed E-state index contributed by atoms with van der Waals surface area (Å²) in [6.45, 7) is 26.0. The zero-order valence-electron chi connectivity index (χ0n) is 21.9. The van der Waals surface area contributed by atoms with Crippen molar-refractivity contribution in [2.45, 2.75) is 113 Å². The first-order valence-electron chi connectivity index (χ1n) is 11.3. The van der Waals surface area contributed by atoms with Gasteiger partial charge in [-0.2, -0.15) is 0 Å². The largest absolute Gasteiger partial charge is 0.330 e. The molecule has 0 rings (SSSR count). The minimum Gasteiger partial charge on any atom is -0.330 e. The fourth-order valence-electron chi connectivity index (χ4n) is 5.00. The monoisotopic (exact) mass is 424 g/mol. The van der Waals surface area contributed by atoms with E-state index in [1.54, 1.807) is 11.8 Å². The molecule has 0 aliphatic rings. The lowest BCUT2D eigenvalue weighted by Gasteiger charge is -2.48. The Balaban J connectivity index is 5.66. The van der Waals surface area contributed by atoms with Gasteiger partial charge in [-0.1, -0.05) is 34.6 Å². The van der Waals surface area contributed by atoms with E-state index in [4.69, 9.17) is 0 Å². The quantitative estimate of drug-likeness (QED) is 0.412. The van der Waals surface area contributed by atoms with Crippen molar-refractivity contribution in [1.82, 2.24) is 9.80 Å². The fourth-order valence-corrected chi connectivity index (χ4v) is 5.00. The Morgan fingerprint density at radius 3 is 1.63 bits per heavy atom. The van der Waals surface area contributed by atoms with Crippen molar-refractivity contribution in [2.24, 2.45) is 10.8 Å². The Hall–Kier alpha value is -1.23. The fraction of sp³-hybridized carbons (Fsp3) is 0.880. The SMILES string of the molecule is CCCN(CC(C)(C)CC(C)(C)N(CC(C)=O)C(C)=O)C(C)(C)CC(C)(C)C(C)=O. The molecule has 0 spiro atoms. The van der Waals surface area contributed by atoms with Crippen LogP contribution in [0.15, 0.2) is 0 Å². The number of rotatable bonds is 13. The summed E-state index contributed by atoms with van der Waals surface area (Å²) >= 11 is 0. The van der Waals surface area contributed by atoms with Crippen LogP contribution in [0, 0.1) is 10.8 Å². The summed E-state index contributed by atoms with van der Waals surface area (Å²) in [4.78, 5) is 40.3. The Kier molecular flexibility index (Phi) is 9.96. The van der Waals surface area contributed by atoms with Crippen molar-refractivity contribution in [1.29, 1.82) is 0 Å². The third kappa shape index (κ3) is 8.87. The molecule has 0 heterocycles. The van der Waals surface area contributed by atoms with Crippen LogP contribution in [0.5, 0.6) is 0 Å². The summed E-state index contributed by atoms with van der Waals surface area (Å²) in [5.74, 6) is 0.144. The molecule has 0 aromatic carbocycles. The summed E-state index contributed by atoms with van der Waals surface area (Å²) in [5.41, 5.74) is -1.01. The number of ketones is 2. The van der Waals surface area contributed by atoms with Crippen LogP contribution < -0.4 is 0 Å². The average molecular weight is 425 g/mol. The topological polar surface area (TPSA) is 57.7 Å². The number of Topliss-reactive ketones (excluding diaryl/α,β-unsaturated/α-hetero) is 2. The lowest BCUT2D eigenvalue weighted by atomic mass is 9.74. The van der Waals surface area contributed by atoms with Crippen LogP contribution >= 0.6 is 0 Å². The van der Waals surface area contributed by atoms with E-state index >= 15 is 0 Å². The molecular weight excluding hydrogens is 376 g/mol. The highest BCUT2D eigenvalue weighted by molar-refractivity contribution is 5.84. The molecule has 0 aliphatic carbocycles. The molecule has 0 unspecified atom stereocenters.